The molecule has 6 heteroatoms. The minimum atomic E-state index is 0. The monoisotopic (exact) mass is 410 g/mol. The highest BCUT2D eigenvalue weighted by Crippen LogP contribution is 2.42. The first-order valence-electron chi connectivity index (χ1n) is 7.56. The van der Waals surface area contributed by atoms with Gasteiger partial charge in [0.25, 0.3) is 0 Å². The van der Waals surface area contributed by atoms with Gasteiger partial charge in [-0.15, -0.1) is 24.8 Å². The van der Waals surface area contributed by atoms with Crippen LogP contribution in [0.5, 0.6) is 5.75 Å². The Kier molecular flexibility index (Phi) is 8.50. The number of hydrogen-bond donors (Lipinski definition) is 1. The third-order valence-electron chi connectivity index (χ3n) is 4.41. The summed E-state index contributed by atoms with van der Waals surface area (Å²) in [6.07, 6.45) is 4.10. The molecule has 1 aromatic carbocycles. The van der Waals surface area contributed by atoms with Crippen LogP contribution >= 0.6 is 40.7 Å². The van der Waals surface area contributed by atoms with Crippen LogP contribution in [0.4, 0.5) is 0 Å². The van der Waals surface area contributed by atoms with Gasteiger partial charge in [0, 0.05) is 36.7 Å². The number of halogens is 3. The molecule has 0 spiro atoms. The Hall–Kier alpha value is -0.000000000000000111. The molecule has 0 unspecified atom stereocenters. The standard InChI is InChI=1S/C16H23BrN2O.2ClH/c1-20-13-4-5-15(17)14(11-13)16(10-12-2-3-12)19-8-6-18-7-9-19;;/h4-5,11-12,16,18H,2-3,6-10H2,1H3;2*1H/t16-;;/m1../s1. The maximum Gasteiger partial charge on any atom is 0.119 e. The van der Waals surface area contributed by atoms with Crippen LogP contribution in [-0.4, -0.2) is 38.2 Å². The Morgan fingerprint density at radius 2 is 1.95 bits per heavy atom. The quantitative estimate of drug-likeness (QED) is 0.790. The average molecular weight is 412 g/mol. The van der Waals surface area contributed by atoms with Gasteiger partial charge in [0.05, 0.1) is 7.11 Å². The molecule has 0 radical (unpaired) electrons. The lowest BCUT2D eigenvalue weighted by Crippen LogP contribution is -2.45. The minimum Gasteiger partial charge on any atom is -0.497 e. The van der Waals surface area contributed by atoms with Crippen LogP contribution in [0.25, 0.3) is 0 Å². The van der Waals surface area contributed by atoms with E-state index in [2.05, 4.69) is 38.3 Å². The van der Waals surface area contributed by atoms with Gasteiger partial charge in [-0.25, -0.2) is 0 Å². The van der Waals surface area contributed by atoms with Crippen LogP contribution in [-0.2, 0) is 0 Å². The second kappa shape index (κ2) is 9.33. The number of piperazine rings is 1. The van der Waals surface area contributed by atoms with Gasteiger partial charge >= 0.3 is 0 Å². The van der Waals surface area contributed by atoms with Crippen LogP contribution in [0.1, 0.15) is 30.9 Å². The number of benzene rings is 1. The molecule has 0 bridgehead atoms. The lowest BCUT2D eigenvalue weighted by molar-refractivity contribution is 0.160. The lowest BCUT2D eigenvalue weighted by Gasteiger charge is -2.36. The van der Waals surface area contributed by atoms with E-state index < -0.39 is 0 Å². The zero-order valence-corrected chi connectivity index (χ0v) is 16.1. The second-order valence-electron chi connectivity index (χ2n) is 5.87. The summed E-state index contributed by atoms with van der Waals surface area (Å²) in [5.74, 6) is 1.88. The molecule has 126 valence electrons. The number of methoxy groups -OCH3 is 1. The Balaban J connectivity index is 0.00000121. The molecule has 2 aliphatic rings. The van der Waals surface area contributed by atoms with Gasteiger partial charge in [0.15, 0.2) is 0 Å². The fourth-order valence-corrected chi connectivity index (χ4v) is 3.55. The number of hydrogen-bond acceptors (Lipinski definition) is 3. The Bertz CT molecular complexity index is 465. The largest absolute Gasteiger partial charge is 0.497 e. The van der Waals surface area contributed by atoms with Crippen LogP contribution in [0, 0.1) is 5.92 Å². The predicted molar refractivity (Wildman–Crippen MR) is 99.7 cm³/mol. The molecule has 3 rings (SSSR count). The average Bonchev–Trinajstić information content (AvgIpc) is 3.31. The molecule has 1 aromatic rings. The van der Waals surface area contributed by atoms with Gasteiger partial charge in [0.1, 0.15) is 5.75 Å². The molecule has 1 saturated heterocycles. The number of nitrogens with zero attached hydrogens (tertiary/aromatic N) is 1. The summed E-state index contributed by atoms with van der Waals surface area (Å²) >= 11 is 3.74. The van der Waals surface area contributed by atoms with E-state index in [0.29, 0.717) is 6.04 Å². The molecule has 1 aliphatic carbocycles. The van der Waals surface area contributed by atoms with Crippen LogP contribution in [0.15, 0.2) is 22.7 Å². The number of rotatable bonds is 5. The van der Waals surface area contributed by atoms with E-state index in [1.807, 2.05) is 6.07 Å². The summed E-state index contributed by atoms with van der Waals surface area (Å²) in [7, 11) is 1.74. The lowest BCUT2D eigenvalue weighted by atomic mass is 9.98. The SMILES string of the molecule is COc1ccc(Br)c([C@@H](CC2CC2)N2CCNCC2)c1.Cl.Cl. The highest BCUT2D eigenvalue weighted by Gasteiger charge is 2.31. The zero-order chi connectivity index (χ0) is 13.9. The summed E-state index contributed by atoms with van der Waals surface area (Å²) in [5, 5.41) is 3.45. The molecule has 1 N–H and O–H groups in total. The first-order valence-corrected chi connectivity index (χ1v) is 8.35. The van der Waals surface area contributed by atoms with E-state index in [1.54, 1.807) is 7.11 Å². The van der Waals surface area contributed by atoms with Crippen molar-refractivity contribution in [2.45, 2.75) is 25.3 Å². The maximum absolute atomic E-state index is 5.42. The maximum atomic E-state index is 5.42. The van der Waals surface area contributed by atoms with Gasteiger partial charge in [0.2, 0.25) is 0 Å². The topological polar surface area (TPSA) is 24.5 Å². The van der Waals surface area contributed by atoms with Crippen molar-refractivity contribution in [3.8, 4) is 5.75 Å². The van der Waals surface area contributed by atoms with E-state index >= 15 is 0 Å². The summed E-state index contributed by atoms with van der Waals surface area (Å²) in [6.45, 7) is 4.48. The van der Waals surface area contributed by atoms with Crippen molar-refractivity contribution in [2.75, 3.05) is 33.3 Å². The van der Waals surface area contributed by atoms with E-state index in [1.165, 1.54) is 29.3 Å². The first-order chi connectivity index (χ1) is 9.78. The summed E-state index contributed by atoms with van der Waals surface area (Å²) in [6, 6.07) is 6.88. The van der Waals surface area contributed by atoms with Crippen molar-refractivity contribution < 1.29 is 4.74 Å². The van der Waals surface area contributed by atoms with E-state index in [0.717, 1.165) is 37.8 Å². The van der Waals surface area contributed by atoms with Crippen molar-refractivity contribution in [1.82, 2.24) is 10.2 Å². The molecule has 1 saturated carbocycles. The number of ether oxygens (including phenoxy) is 1. The fraction of sp³-hybridized carbons (Fsp3) is 0.625. The second-order valence-corrected chi connectivity index (χ2v) is 6.72. The van der Waals surface area contributed by atoms with Crippen LogP contribution in [0.2, 0.25) is 0 Å². The van der Waals surface area contributed by atoms with Crippen LogP contribution in [0.3, 0.4) is 0 Å². The zero-order valence-electron chi connectivity index (χ0n) is 12.9. The van der Waals surface area contributed by atoms with Gasteiger partial charge in [-0.2, -0.15) is 0 Å². The normalized spacial score (nSPS) is 19.7. The van der Waals surface area contributed by atoms with Gasteiger partial charge < -0.3 is 10.1 Å². The molecule has 2 fully saturated rings. The molecule has 1 aliphatic heterocycles. The Labute approximate surface area is 154 Å². The first kappa shape index (κ1) is 20.0. The molecule has 0 amide bonds. The van der Waals surface area contributed by atoms with Crippen molar-refractivity contribution in [3.63, 3.8) is 0 Å². The molecular weight excluding hydrogens is 387 g/mol. The van der Waals surface area contributed by atoms with Crippen molar-refractivity contribution in [1.29, 1.82) is 0 Å². The highest BCUT2D eigenvalue weighted by molar-refractivity contribution is 9.10. The van der Waals surface area contributed by atoms with E-state index in [4.69, 9.17) is 4.74 Å². The Morgan fingerprint density at radius 3 is 2.55 bits per heavy atom. The summed E-state index contributed by atoms with van der Waals surface area (Å²) in [4.78, 5) is 2.63. The molecule has 22 heavy (non-hydrogen) atoms. The Morgan fingerprint density at radius 1 is 1.27 bits per heavy atom. The molecule has 1 heterocycles. The van der Waals surface area contributed by atoms with E-state index in [-0.39, 0.29) is 24.8 Å². The molecule has 3 nitrogen and oxygen atoms in total. The van der Waals surface area contributed by atoms with Crippen molar-refractivity contribution in [3.05, 3.63) is 28.2 Å². The highest BCUT2D eigenvalue weighted by atomic mass is 79.9. The fourth-order valence-electron chi connectivity index (χ4n) is 3.04. The summed E-state index contributed by atoms with van der Waals surface area (Å²) < 4.78 is 6.63. The van der Waals surface area contributed by atoms with Crippen molar-refractivity contribution in [2.24, 2.45) is 5.92 Å². The van der Waals surface area contributed by atoms with Crippen LogP contribution < -0.4 is 10.1 Å². The number of nitrogens with one attached hydrogen (secondary N) is 1. The third kappa shape index (κ3) is 5.00. The molecular formula is C16H25BrCl2N2O. The molecule has 0 aromatic heterocycles. The summed E-state index contributed by atoms with van der Waals surface area (Å²) in [5.41, 5.74) is 1.39. The predicted octanol–water partition coefficient (Wildman–Crippen LogP) is 4.05. The van der Waals surface area contributed by atoms with E-state index in [9.17, 15) is 0 Å². The van der Waals surface area contributed by atoms with Crippen molar-refractivity contribution >= 4 is 40.7 Å². The molecule has 1 atom stereocenters. The smallest absolute Gasteiger partial charge is 0.119 e. The van der Waals surface area contributed by atoms with Gasteiger partial charge in [-0.3, -0.25) is 4.90 Å². The minimum absolute atomic E-state index is 0. The third-order valence-corrected chi connectivity index (χ3v) is 5.13. The van der Waals surface area contributed by atoms with Gasteiger partial charge in [-0.1, -0.05) is 28.8 Å². The van der Waals surface area contributed by atoms with Gasteiger partial charge in [-0.05, 0) is 36.1 Å².